The summed E-state index contributed by atoms with van der Waals surface area (Å²) in [4.78, 5) is 10.4. The quantitative estimate of drug-likeness (QED) is 0.773. The fourth-order valence-corrected chi connectivity index (χ4v) is 3.19. The van der Waals surface area contributed by atoms with Crippen LogP contribution in [0.5, 0.6) is 0 Å². The van der Waals surface area contributed by atoms with E-state index >= 15 is 0 Å². The largest absolute Gasteiger partial charge is 0.227 e. The monoisotopic (exact) mass is 276 g/mol. The molecule has 0 saturated carbocycles. The molecule has 1 heterocycles. The molecule has 92 valence electrons. The molecule has 1 aliphatic carbocycles. The van der Waals surface area contributed by atoms with Crippen molar-refractivity contribution < 1.29 is 0 Å². The van der Waals surface area contributed by atoms with Crippen molar-refractivity contribution in [3.63, 3.8) is 0 Å². The molecule has 4 heteroatoms. The Balaban J connectivity index is 1.89. The maximum atomic E-state index is 5.88. The molecule has 0 atom stereocenters. The molecule has 1 aromatic carbocycles. The zero-order valence-corrected chi connectivity index (χ0v) is 11.7. The van der Waals surface area contributed by atoms with Crippen molar-refractivity contribution in [2.24, 2.45) is 0 Å². The fraction of sp³-hybridized carbons (Fsp3) is 0.286. The maximum absolute atomic E-state index is 5.88. The summed E-state index contributed by atoms with van der Waals surface area (Å²) < 4.78 is 0. The van der Waals surface area contributed by atoms with Crippen molar-refractivity contribution in [3.05, 3.63) is 46.2 Å². The van der Waals surface area contributed by atoms with Crippen LogP contribution in [0.1, 0.15) is 23.4 Å². The molecule has 2 aromatic rings. The van der Waals surface area contributed by atoms with Crippen molar-refractivity contribution in [1.29, 1.82) is 0 Å². The lowest BCUT2D eigenvalue weighted by Crippen LogP contribution is -1.98. The lowest BCUT2D eigenvalue weighted by atomic mass is 10.2. The van der Waals surface area contributed by atoms with Crippen LogP contribution >= 0.6 is 23.4 Å². The lowest BCUT2D eigenvalue weighted by molar-refractivity contribution is 0.868. The van der Waals surface area contributed by atoms with E-state index in [1.165, 1.54) is 17.7 Å². The molecule has 0 bridgehead atoms. The summed E-state index contributed by atoms with van der Waals surface area (Å²) in [5.41, 5.74) is 3.73. The smallest absolute Gasteiger partial charge is 0.192 e. The van der Waals surface area contributed by atoms with Gasteiger partial charge in [0, 0.05) is 21.3 Å². The molecule has 3 rings (SSSR count). The summed E-state index contributed by atoms with van der Waals surface area (Å²) in [5, 5.41) is 1.60. The Kier molecular flexibility index (Phi) is 3.27. The zero-order valence-electron chi connectivity index (χ0n) is 10.1. The molecule has 0 unspecified atom stereocenters. The second-order valence-corrected chi connectivity index (χ2v) is 5.90. The highest BCUT2D eigenvalue weighted by molar-refractivity contribution is 7.99. The SMILES string of the molecule is Cc1nc(Sc2ccc(Cl)cc2)nc2c1CCC2. The van der Waals surface area contributed by atoms with Crippen LogP contribution in [-0.4, -0.2) is 9.97 Å². The van der Waals surface area contributed by atoms with Gasteiger partial charge in [-0.2, -0.15) is 0 Å². The molecule has 0 fully saturated rings. The first kappa shape index (κ1) is 12.0. The lowest BCUT2D eigenvalue weighted by Gasteiger charge is -2.06. The molecule has 1 aromatic heterocycles. The van der Waals surface area contributed by atoms with E-state index in [1.807, 2.05) is 24.3 Å². The summed E-state index contributed by atoms with van der Waals surface area (Å²) >= 11 is 7.47. The molecule has 0 amide bonds. The molecule has 0 saturated heterocycles. The number of aryl methyl sites for hydroxylation is 2. The minimum absolute atomic E-state index is 0.755. The van der Waals surface area contributed by atoms with E-state index in [4.69, 9.17) is 11.6 Å². The summed E-state index contributed by atoms with van der Waals surface area (Å²) in [7, 11) is 0. The normalized spacial score (nSPS) is 13.7. The summed E-state index contributed by atoms with van der Waals surface area (Å²) in [6.07, 6.45) is 3.43. The van der Waals surface area contributed by atoms with Gasteiger partial charge in [-0.1, -0.05) is 11.6 Å². The van der Waals surface area contributed by atoms with E-state index in [0.29, 0.717) is 0 Å². The number of benzene rings is 1. The highest BCUT2D eigenvalue weighted by atomic mass is 35.5. The van der Waals surface area contributed by atoms with Crippen molar-refractivity contribution in [3.8, 4) is 0 Å². The van der Waals surface area contributed by atoms with Gasteiger partial charge in [0.05, 0.1) is 0 Å². The third kappa shape index (κ3) is 2.38. The average Bonchev–Trinajstić information content (AvgIpc) is 2.81. The number of fused-ring (bicyclic) bond motifs is 1. The van der Waals surface area contributed by atoms with Crippen LogP contribution in [0, 0.1) is 6.92 Å². The molecule has 2 nitrogen and oxygen atoms in total. The van der Waals surface area contributed by atoms with Crippen LogP contribution in [0.25, 0.3) is 0 Å². The van der Waals surface area contributed by atoms with Gasteiger partial charge in [0.25, 0.3) is 0 Å². The average molecular weight is 277 g/mol. The highest BCUT2D eigenvalue weighted by Gasteiger charge is 2.17. The van der Waals surface area contributed by atoms with E-state index in [2.05, 4.69) is 16.9 Å². The predicted octanol–water partition coefficient (Wildman–Crippen LogP) is 4.08. The third-order valence-electron chi connectivity index (χ3n) is 3.14. The van der Waals surface area contributed by atoms with E-state index in [9.17, 15) is 0 Å². The van der Waals surface area contributed by atoms with Gasteiger partial charge in [0.2, 0.25) is 0 Å². The first-order valence-corrected chi connectivity index (χ1v) is 7.21. The fourth-order valence-electron chi connectivity index (χ4n) is 2.25. The summed E-state index contributed by atoms with van der Waals surface area (Å²) in [6.45, 7) is 2.08. The minimum atomic E-state index is 0.755. The van der Waals surface area contributed by atoms with Crippen molar-refractivity contribution in [2.45, 2.75) is 36.2 Å². The molecule has 1 aliphatic rings. The Morgan fingerprint density at radius 3 is 2.67 bits per heavy atom. The van der Waals surface area contributed by atoms with Gasteiger partial charge >= 0.3 is 0 Å². The molecule has 0 N–H and O–H groups in total. The Morgan fingerprint density at radius 2 is 1.89 bits per heavy atom. The first-order chi connectivity index (χ1) is 8.72. The topological polar surface area (TPSA) is 25.8 Å². The van der Waals surface area contributed by atoms with Crippen LogP contribution in [0.2, 0.25) is 5.02 Å². The number of rotatable bonds is 2. The van der Waals surface area contributed by atoms with Gasteiger partial charge < -0.3 is 0 Å². The number of aromatic nitrogens is 2. The van der Waals surface area contributed by atoms with Crippen molar-refractivity contribution in [1.82, 2.24) is 9.97 Å². The molecule has 0 radical (unpaired) electrons. The van der Waals surface area contributed by atoms with E-state index in [-0.39, 0.29) is 0 Å². The second kappa shape index (κ2) is 4.90. The molecule has 18 heavy (non-hydrogen) atoms. The van der Waals surface area contributed by atoms with Crippen LogP contribution in [0.3, 0.4) is 0 Å². The van der Waals surface area contributed by atoms with Crippen LogP contribution in [-0.2, 0) is 12.8 Å². The standard InChI is InChI=1S/C14H13ClN2S/c1-9-12-3-2-4-13(12)17-14(16-9)18-11-7-5-10(15)6-8-11/h5-8H,2-4H2,1H3. The third-order valence-corrected chi connectivity index (χ3v) is 4.27. The number of nitrogens with zero attached hydrogens (tertiary/aromatic N) is 2. The van der Waals surface area contributed by atoms with Gasteiger partial charge in [-0.15, -0.1) is 0 Å². The Labute approximate surface area is 116 Å². The Morgan fingerprint density at radius 1 is 1.11 bits per heavy atom. The van der Waals surface area contributed by atoms with E-state index in [0.717, 1.165) is 33.6 Å². The van der Waals surface area contributed by atoms with Gasteiger partial charge in [0.1, 0.15) is 0 Å². The van der Waals surface area contributed by atoms with Crippen LogP contribution in [0.15, 0.2) is 34.3 Å². The molecule has 0 aliphatic heterocycles. The summed E-state index contributed by atoms with van der Waals surface area (Å²) in [6, 6.07) is 7.78. The van der Waals surface area contributed by atoms with Crippen molar-refractivity contribution >= 4 is 23.4 Å². The second-order valence-electron chi connectivity index (χ2n) is 4.43. The van der Waals surface area contributed by atoms with Crippen LogP contribution in [0.4, 0.5) is 0 Å². The Hall–Kier alpha value is -1.06. The van der Waals surface area contributed by atoms with Gasteiger partial charge in [-0.05, 0) is 67.8 Å². The Bertz CT molecular complexity index is 581. The van der Waals surface area contributed by atoms with Gasteiger partial charge in [-0.25, -0.2) is 9.97 Å². The van der Waals surface area contributed by atoms with Crippen molar-refractivity contribution in [2.75, 3.05) is 0 Å². The molecular formula is C14H13ClN2S. The molecular weight excluding hydrogens is 264 g/mol. The zero-order chi connectivity index (χ0) is 12.5. The first-order valence-electron chi connectivity index (χ1n) is 6.02. The summed E-state index contributed by atoms with van der Waals surface area (Å²) in [5.74, 6) is 0. The molecule has 0 spiro atoms. The minimum Gasteiger partial charge on any atom is -0.227 e. The number of hydrogen-bond acceptors (Lipinski definition) is 3. The van der Waals surface area contributed by atoms with Crippen LogP contribution < -0.4 is 0 Å². The highest BCUT2D eigenvalue weighted by Crippen LogP contribution is 2.29. The van der Waals surface area contributed by atoms with Gasteiger partial charge in [-0.3, -0.25) is 0 Å². The predicted molar refractivity (Wildman–Crippen MR) is 74.4 cm³/mol. The van der Waals surface area contributed by atoms with Gasteiger partial charge in [0.15, 0.2) is 5.16 Å². The van der Waals surface area contributed by atoms with E-state index in [1.54, 1.807) is 11.8 Å². The van der Waals surface area contributed by atoms with E-state index < -0.39 is 0 Å². The maximum Gasteiger partial charge on any atom is 0.192 e. The number of hydrogen-bond donors (Lipinski definition) is 0. The number of halogens is 1.